The summed E-state index contributed by atoms with van der Waals surface area (Å²) in [7, 11) is -3.69. The zero-order valence-corrected chi connectivity index (χ0v) is 13.7. The van der Waals surface area contributed by atoms with Crippen molar-refractivity contribution in [2.75, 3.05) is 0 Å². The second-order valence-electron chi connectivity index (χ2n) is 5.43. The molecule has 0 spiro atoms. The van der Waals surface area contributed by atoms with E-state index >= 15 is 0 Å². The highest BCUT2D eigenvalue weighted by Gasteiger charge is 2.22. The van der Waals surface area contributed by atoms with Gasteiger partial charge in [-0.05, 0) is 18.2 Å². The van der Waals surface area contributed by atoms with Crippen LogP contribution in [0, 0.1) is 6.92 Å². The number of para-hydroxylation sites is 1. The summed E-state index contributed by atoms with van der Waals surface area (Å²) in [6.45, 7) is 1.75. The van der Waals surface area contributed by atoms with Gasteiger partial charge in [-0.25, -0.2) is 17.4 Å². The van der Waals surface area contributed by atoms with E-state index in [9.17, 15) is 8.42 Å². The maximum Gasteiger partial charge on any atom is 0.268 e. The van der Waals surface area contributed by atoms with Gasteiger partial charge in [-0.15, -0.1) is 0 Å². The molecule has 4 aromatic rings. The Morgan fingerprint density at radius 3 is 2.42 bits per heavy atom. The summed E-state index contributed by atoms with van der Waals surface area (Å²) in [5.41, 5.74) is 1.95. The lowest BCUT2D eigenvalue weighted by Crippen LogP contribution is -2.11. The molecule has 4 rings (SSSR count). The van der Waals surface area contributed by atoms with Crippen LogP contribution in [0.25, 0.3) is 22.2 Å². The highest BCUT2D eigenvalue weighted by atomic mass is 32.2. The van der Waals surface area contributed by atoms with E-state index in [0.717, 1.165) is 10.9 Å². The molecule has 24 heavy (non-hydrogen) atoms. The van der Waals surface area contributed by atoms with Gasteiger partial charge in [-0.3, -0.25) is 0 Å². The molecule has 0 saturated heterocycles. The number of aryl methyl sites for hydroxylation is 1. The first-order chi connectivity index (χ1) is 11.6. The summed E-state index contributed by atoms with van der Waals surface area (Å²) in [5, 5.41) is 0.810. The van der Waals surface area contributed by atoms with E-state index in [1.807, 2.05) is 18.2 Å². The van der Waals surface area contributed by atoms with Crippen LogP contribution >= 0.6 is 0 Å². The topological polar surface area (TPSA) is 65.1 Å². The minimum atomic E-state index is -3.69. The maximum absolute atomic E-state index is 13.0. The van der Waals surface area contributed by atoms with Gasteiger partial charge >= 0.3 is 0 Å². The first kappa shape index (κ1) is 14.7. The molecule has 0 atom stereocenters. The van der Waals surface area contributed by atoms with Crippen molar-refractivity contribution in [3.05, 3.63) is 72.9 Å². The Kier molecular flexibility index (Phi) is 3.28. The third-order valence-electron chi connectivity index (χ3n) is 3.87. The molecule has 0 N–H and O–H groups in total. The maximum atomic E-state index is 13.0. The van der Waals surface area contributed by atoms with E-state index < -0.39 is 10.0 Å². The molecule has 0 saturated carbocycles. The molecule has 0 amide bonds. The highest BCUT2D eigenvalue weighted by Crippen LogP contribution is 2.32. The van der Waals surface area contributed by atoms with Gasteiger partial charge in [0.2, 0.25) is 0 Å². The van der Waals surface area contributed by atoms with Gasteiger partial charge in [-0.2, -0.15) is 0 Å². The molecule has 0 aliphatic carbocycles. The van der Waals surface area contributed by atoms with Gasteiger partial charge in [0.15, 0.2) is 5.89 Å². The number of fused-ring (bicyclic) bond motifs is 1. The van der Waals surface area contributed by atoms with Crippen LogP contribution in [0.2, 0.25) is 0 Å². The predicted molar refractivity (Wildman–Crippen MR) is 91.2 cm³/mol. The van der Waals surface area contributed by atoms with Crippen LogP contribution in [0.5, 0.6) is 0 Å². The molecule has 2 aromatic heterocycles. The average Bonchev–Trinajstić information content (AvgIpc) is 3.19. The normalized spacial score (nSPS) is 11.9. The molecule has 2 heterocycles. The van der Waals surface area contributed by atoms with Crippen LogP contribution < -0.4 is 0 Å². The molecule has 2 aromatic carbocycles. The predicted octanol–water partition coefficient (Wildman–Crippen LogP) is 3.84. The fourth-order valence-corrected chi connectivity index (χ4v) is 4.14. The number of hydrogen-bond acceptors (Lipinski definition) is 4. The quantitative estimate of drug-likeness (QED) is 0.569. The minimum absolute atomic E-state index is 0.244. The van der Waals surface area contributed by atoms with Crippen molar-refractivity contribution >= 4 is 20.9 Å². The van der Waals surface area contributed by atoms with Gasteiger partial charge < -0.3 is 4.42 Å². The largest absolute Gasteiger partial charge is 0.449 e. The number of oxazole rings is 1. The Morgan fingerprint density at radius 1 is 1.00 bits per heavy atom. The summed E-state index contributed by atoms with van der Waals surface area (Å²) < 4.78 is 32.6. The highest BCUT2D eigenvalue weighted by molar-refractivity contribution is 7.90. The van der Waals surface area contributed by atoms with E-state index in [-0.39, 0.29) is 4.90 Å². The summed E-state index contributed by atoms with van der Waals surface area (Å²) in [5.74, 6) is 0.535. The van der Waals surface area contributed by atoms with E-state index in [1.165, 1.54) is 10.2 Å². The van der Waals surface area contributed by atoms with Crippen molar-refractivity contribution in [1.29, 1.82) is 0 Å². The molecule has 120 valence electrons. The average molecular weight is 338 g/mol. The first-order valence-corrected chi connectivity index (χ1v) is 8.84. The van der Waals surface area contributed by atoms with Gasteiger partial charge in [0.25, 0.3) is 10.0 Å². The van der Waals surface area contributed by atoms with Gasteiger partial charge in [0.05, 0.1) is 10.4 Å². The minimum Gasteiger partial charge on any atom is -0.449 e. The van der Waals surface area contributed by atoms with E-state index in [4.69, 9.17) is 4.42 Å². The zero-order chi connectivity index (χ0) is 16.7. The van der Waals surface area contributed by atoms with Gasteiger partial charge in [0.1, 0.15) is 12.0 Å². The fourth-order valence-electron chi connectivity index (χ4n) is 2.75. The second-order valence-corrected chi connectivity index (χ2v) is 7.24. The monoisotopic (exact) mass is 338 g/mol. The lowest BCUT2D eigenvalue weighted by Gasteiger charge is -2.07. The first-order valence-electron chi connectivity index (χ1n) is 7.40. The third kappa shape index (κ3) is 2.23. The summed E-state index contributed by atoms with van der Waals surface area (Å²) in [4.78, 5) is 4.57. The standard InChI is InChI=1S/C18H14N2O3S/c1-13-19-17(12-23-13)16-11-20(18-10-6-5-9-15(16)18)24(21,22)14-7-3-2-4-8-14/h2-12H,1H3. The molecule has 0 unspecified atom stereocenters. The lowest BCUT2D eigenvalue weighted by atomic mass is 10.1. The van der Waals surface area contributed by atoms with Gasteiger partial charge in [-0.1, -0.05) is 36.4 Å². The zero-order valence-electron chi connectivity index (χ0n) is 12.9. The number of rotatable bonds is 3. The van der Waals surface area contributed by atoms with Crippen LogP contribution in [0.3, 0.4) is 0 Å². The third-order valence-corrected chi connectivity index (χ3v) is 5.56. The Labute approximate surface area is 139 Å². The van der Waals surface area contributed by atoms with Crippen molar-refractivity contribution in [1.82, 2.24) is 8.96 Å². The smallest absolute Gasteiger partial charge is 0.268 e. The molecule has 0 fully saturated rings. The van der Waals surface area contributed by atoms with Crippen LogP contribution in [0.4, 0.5) is 0 Å². The van der Waals surface area contributed by atoms with E-state index in [0.29, 0.717) is 17.1 Å². The van der Waals surface area contributed by atoms with E-state index in [2.05, 4.69) is 4.98 Å². The van der Waals surface area contributed by atoms with Crippen molar-refractivity contribution in [2.45, 2.75) is 11.8 Å². The summed E-state index contributed by atoms with van der Waals surface area (Å²) in [6.07, 6.45) is 3.14. The molecule has 0 aliphatic heterocycles. The number of benzene rings is 2. The van der Waals surface area contributed by atoms with Crippen molar-refractivity contribution in [3.63, 3.8) is 0 Å². The molecule has 5 nitrogen and oxygen atoms in total. The Morgan fingerprint density at radius 2 is 1.71 bits per heavy atom. The SMILES string of the molecule is Cc1nc(-c2cn(S(=O)(=O)c3ccccc3)c3ccccc23)co1. The molecule has 6 heteroatoms. The van der Waals surface area contributed by atoms with Gasteiger partial charge in [0, 0.05) is 24.1 Å². The number of hydrogen-bond donors (Lipinski definition) is 0. The summed E-state index contributed by atoms with van der Waals surface area (Å²) >= 11 is 0. The van der Waals surface area contributed by atoms with Crippen LogP contribution in [0.1, 0.15) is 5.89 Å². The number of nitrogens with zero attached hydrogens (tertiary/aromatic N) is 2. The Balaban J connectivity index is 2.01. The number of aromatic nitrogens is 2. The molecule has 0 bridgehead atoms. The molecule has 0 radical (unpaired) electrons. The van der Waals surface area contributed by atoms with Crippen molar-refractivity contribution < 1.29 is 12.8 Å². The Hall–Kier alpha value is -2.86. The van der Waals surface area contributed by atoms with Crippen LogP contribution in [-0.4, -0.2) is 17.4 Å². The lowest BCUT2D eigenvalue weighted by molar-refractivity contribution is 0.521. The van der Waals surface area contributed by atoms with Crippen molar-refractivity contribution in [2.24, 2.45) is 0 Å². The molecular formula is C18H14N2O3S. The second kappa shape index (κ2) is 5.35. The molecular weight excluding hydrogens is 324 g/mol. The van der Waals surface area contributed by atoms with Crippen LogP contribution in [-0.2, 0) is 10.0 Å². The van der Waals surface area contributed by atoms with Crippen LogP contribution in [0.15, 0.2) is 76.4 Å². The Bertz CT molecular complexity index is 1130. The van der Waals surface area contributed by atoms with Crippen molar-refractivity contribution in [3.8, 4) is 11.3 Å². The van der Waals surface area contributed by atoms with E-state index in [1.54, 1.807) is 49.5 Å². The summed E-state index contributed by atoms with van der Waals surface area (Å²) in [6, 6.07) is 15.7. The fraction of sp³-hybridized carbons (Fsp3) is 0.0556. The molecule has 0 aliphatic rings.